The van der Waals surface area contributed by atoms with E-state index in [1.54, 1.807) is 0 Å². The van der Waals surface area contributed by atoms with Crippen LogP contribution in [0.25, 0.3) is 10.8 Å². The van der Waals surface area contributed by atoms with Gasteiger partial charge in [0.2, 0.25) is 0 Å². The Bertz CT molecular complexity index is 552. The van der Waals surface area contributed by atoms with Gasteiger partial charge >= 0.3 is 0 Å². The maximum Gasteiger partial charge on any atom is 0.0997 e. The van der Waals surface area contributed by atoms with E-state index < -0.39 is 0 Å². The van der Waals surface area contributed by atoms with Crippen LogP contribution in [-0.4, -0.2) is 36.3 Å². The first kappa shape index (κ1) is 13.0. The van der Waals surface area contributed by atoms with Crippen molar-refractivity contribution in [1.82, 2.24) is 4.90 Å². The van der Waals surface area contributed by atoms with Crippen LogP contribution in [0, 0.1) is 0 Å². The van der Waals surface area contributed by atoms with E-state index in [9.17, 15) is 0 Å². The van der Waals surface area contributed by atoms with Crippen molar-refractivity contribution >= 4 is 22.5 Å². The summed E-state index contributed by atoms with van der Waals surface area (Å²) < 4.78 is 5.62. The molecule has 3 rings (SSSR count). The van der Waals surface area contributed by atoms with E-state index in [-0.39, 0.29) is 0 Å². The number of rotatable bonds is 4. The van der Waals surface area contributed by atoms with Gasteiger partial charge in [-0.05, 0) is 22.6 Å². The molecule has 0 radical (unpaired) electrons. The molecule has 1 saturated heterocycles. The van der Waals surface area contributed by atoms with Crippen molar-refractivity contribution in [2.45, 2.75) is 12.6 Å². The van der Waals surface area contributed by atoms with Gasteiger partial charge in [-0.25, -0.2) is 0 Å². The van der Waals surface area contributed by atoms with Gasteiger partial charge in [-0.3, -0.25) is 4.90 Å². The number of nitrogens with zero attached hydrogens (tertiary/aromatic N) is 1. The fourth-order valence-corrected chi connectivity index (χ4v) is 3.38. The Labute approximate surface area is 118 Å². The monoisotopic (exact) mass is 273 g/mol. The maximum absolute atomic E-state index is 5.62. The predicted octanol–water partition coefficient (Wildman–Crippen LogP) is 3.36. The van der Waals surface area contributed by atoms with Crippen LogP contribution >= 0.6 is 11.8 Å². The second-order valence-corrected chi connectivity index (χ2v) is 5.90. The predicted molar refractivity (Wildman–Crippen MR) is 82.5 cm³/mol. The molecule has 1 atom stereocenters. The molecule has 1 aliphatic rings. The third kappa shape index (κ3) is 2.78. The lowest BCUT2D eigenvalue weighted by Gasteiger charge is -2.22. The lowest BCUT2D eigenvalue weighted by molar-refractivity contribution is 0.135. The Morgan fingerprint density at radius 3 is 2.95 bits per heavy atom. The molecule has 1 fully saturated rings. The summed E-state index contributed by atoms with van der Waals surface area (Å²) in [5, 5.41) is 2.68. The van der Waals surface area contributed by atoms with Gasteiger partial charge in [-0.2, -0.15) is 11.8 Å². The van der Waals surface area contributed by atoms with Crippen LogP contribution in [0.4, 0.5) is 0 Å². The molecule has 1 aliphatic heterocycles. The molecular weight excluding hydrogens is 254 g/mol. The molecule has 0 aliphatic carbocycles. The lowest BCUT2D eigenvalue weighted by Crippen LogP contribution is -2.32. The molecule has 0 N–H and O–H groups in total. The van der Waals surface area contributed by atoms with Crippen molar-refractivity contribution in [2.75, 3.05) is 25.3 Å². The smallest absolute Gasteiger partial charge is 0.0997 e. The molecule has 1 heterocycles. The van der Waals surface area contributed by atoms with Gasteiger partial charge in [0.25, 0.3) is 0 Å². The molecule has 0 amide bonds. The Balaban J connectivity index is 1.85. The Hall–Kier alpha value is -1.03. The summed E-state index contributed by atoms with van der Waals surface area (Å²) in [4.78, 5) is 2.44. The molecule has 0 spiro atoms. The van der Waals surface area contributed by atoms with Gasteiger partial charge in [0.15, 0.2) is 0 Å². The molecule has 3 heteroatoms. The molecule has 0 saturated carbocycles. The van der Waals surface area contributed by atoms with Gasteiger partial charge in [-0.15, -0.1) is 0 Å². The summed E-state index contributed by atoms with van der Waals surface area (Å²) in [5.41, 5.74) is 1.40. The summed E-state index contributed by atoms with van der Waals surface area (Å²) in [7, 11) is 0. The van der Waals surface area contributed by atoms with Crippen molar-refractivity contribution in [3.8, 4) is 0 Å². The maximum atomic E-state index is 5.62. The molecule has 100 valence electrons. The van der Waals surface area contributed by atoms with Crippen molar-refractivity contribution < 1.29 is 4.74 Å². The molecule has 0 bridgehead atoms. The standard InChI is InChI=1S/C16H19NOS/c1-19-11-15-10-18-12-17(15)9-14-7-4-6-13-5-2-3-8-16(13)14/h2-8,15H,9-12H2,1H3/t15-/m1/s1. The number of thioether (sulfide) groups is 1. The summed E-state index contributed by atoms with van der Waals surface area (Å²) in [6.07, 6.45) is 2.16. The van der Waals surface area contributed by atoms with Crippen LogP contribution < -0.4 is 0 Å². The topological polar surface area (TPSA) is 12.5 Å². The van der Waals surface area contributed by atoms with Gasteiger partial charge in [0, 0.05) is 18.3 Å². The molecule has 2 aromatic carbocycles. The SMILES string of the molecule is CSC[C@H]1COCN1Cc1cccc2ccccc12. The lowest BCUT2D eigenvalue weighted by atomic mass is 10.0. The minimum absolute atomic E-state index is 0.550. The van der Waals surface area contributed by atoms with Crippen LogP contribution in [0.3, 0.4) is 0 Å². The third-order valence-electron chi connectivity index (χ3n) is 3.70. The molecule has 0 unspecified atom stereocenters. The van der Waals surface area contributed by atoms with Crippen molar-refractivity contribution in [2.24, 2.45) is 0 Å². The largest absolute Gasteiger partial charge is 0.364 e. The number of hydrogen-bond donors (Lipinski definition) is 0. The van der Waals surface area contributed by atoms with Crippen LogP contribution in [0.5, 0.6) is 0 Å². The summed E-state index contributed by atoms with van der Waals surface area (Å²) in [6, 6.07) is 15.7. The Morgan fingerprint density at radius 2 is 2.05 bits per heavy atom. The minimum Gasteiger partial charge on any atom is -0.364 e. The molecule has 0 aromatic heterocycles. The number of benzene rings is 2. The van der Waals surface area contributed by atoms with Crippen LogP contribution in [0.2, 0.25) is 0 Å². The van der Waals surface area contributed by atoms with Crippen LogP contribution in [-0.2, 0) is 11.3 Å². The van der Waals surface area contributed by atoms with Crippen LogP contribution in [0.1, 0.15) is 5.56 Å². The average molecular weight is 273 g/mol. The number of ether oxygens (including phenoxy) is 1. The Kier molecular flexibility index (Phi) is 4.06. The molecule has 2 aromatic rings. The van der Waals surface area contributed by atoms with E-state index >= 15 is 0 Å². The normalized spacial score (nSPS) is 20.2. The fourth-order valence-electron chi connectivity index (χ4n) is 2.69. The van der Waals surface area contributed by atoms with Crippen molar-refractivity contribution in [1.29, 1.82) is 0 Å². The number of fused-ring (bicyclic) bond motifs is 1. The van der Waals surface area contributed by atoms with Crippen LogP contribution in [0.15, 0.2) is 42.5 Å². The second-order valence-electron chi connectivity index (χ2n) is 4.99. The zero-order valence-corrected chi connectivity index (χ0v) is 12.0. The number of hydrogen-bond acceptors (Lipinski definition) is 3. The molecule has 19 heavy (non-hydrogen) atoms. The highest BCUT2D eigenvalue weighted by atomic mass is 32.2. The third-order valence-corrected chi connectivity index (χ3v) is 4.41. The van der Waals surface area contributed by atoms with E-state index in [1.165, 1.54) is 16.3 Å². The minimum atomic E-state index is 0.550. The quantitative estimate of drug-likeness (QED) is 0.847. The second kappa shape index (κ2) is 5.95. The first-order valence-electron chi connectivity index (χ1n) is 6.66. The molecular formula is C16H19NOS. The van der Waals surface area contributed by atoms with Crippen molar-refractivity contribution in [3.05, 3.63) is 48.0 Å². The first-order valence-corrected chi connectivity index (χ1v) is 8.05. The van der Waals surface area contributed by atoms with Gasteiger partial charge < -0.3 is 4.74 Å². The van der Waals surface area contributed by atoms with E-state index in [2.05, 4.69) is 53.6 Å². The Morgan fingerprint density at radius 1 is 1.21 bits per heavy atom. The van der Waals surface area contributed by atoms with Gasteiger partial charge in [-0.1, -0.05) is 42.5 Å². The fraction of sp³-hybridized carbons (Fsp3) is 0.375. The summed E-state index contributed by atoms with van der Waals surface area (Å²) >= 11 is 1.90. The van der Waals surface area contributed by atoms with E-state index in [4.69, 9.17) is 4.74 Å². The first-order chi connectivity index (χ1) is 9.38. The summed E-state index contributed by atoms with van der Waals surface area (Å²) in [5.74, 6) is 1.14. The van der Waals surface area contributed by atoms with E-state index in [1.807, 2.05) is 11.8 Å². The highest BCUT2D eigenvalue weighted by Gasteiger charge is 2.24. The van der Waals surface area contributed by atoms with Crippen molar-refractivity contribution in [3.63, 3.8) is 0 Å². The summed E-state index contributed by atoms with van der Waals surface area (Å²) in [6.45, 7) is 2.60. The van der Waals surface area contributed by atoms with E-state index in [0.717, 1.165) is 25.6 Å². The van der Waals surface area contributed by atoms with Gasteiger partial charge in [0.05, 0.1) is 13.3 Å². The highest BCUT2D eigenvalue weighted by molar-refractivity contribution is 7.98. The van der Waals surface area contributed by atoms with E-state index in [0.29, 0.717) is 6.04 Å². The zero-order chi connectivity index (χ0) is 13.1. The van der Waals surface area contributed by atoms with Gasteiger partial charge in [0.1, 0.15) is 0 Å². The zero-order valence-electron chi connectivity index (χ0n) is 11.2. The molecule has 2 nitrogen and oxygen atoms in total. The highest BCUT2D eigenvalue weighted by Crippen LogP contribution is 2.23. The average Bonchev–Trinajstić information content (AvgIpc) is 2.87.